The van der Waals surface area contributed by atoms with Gasteiger partial charge in [-0.2, -0.15) is 0 Å². The van der Waals surface area contributed by atoms with Gasteiger partial charge in [0.25, 0.3) is 0 Å². The van der Waals surface area contributed by atoms with Crippen molar-refractivity contribution < 1.29 is 20.5 Å². The maximum atomic E-state index is 10.4. The second-order valence-corrected chi connectivity index (χ2v) is 3.14. The number of aromatic amines is 1. The summed E-state index contributed by atoms with van der Waals surface area (Å²) in [5.74, 6) is -0.695. The van der Waals surface area contributed by atoms with Gasteiger partial charge in [-0.15, -0.1) is 0 Å². The van der Waals surface area contributed by atoms with E-state index in [1.54, 1.807) is 24.3 Å². The van der Waals surface area contributed by atoms with Gasteiger partial charge in [0, 0.05) is 16.6 Å². The van der Waals surface area contributed by atoms with Crippen LogP contribution in [0.2, 0.25) is 0 Å². The standard InChI is InChI=1S/C10H9NO3.H2O/c12-8-1-2-9-6(4-8)3-7(11-9)5-10(13)14;/h1-4,11-12H,5H2,(H,13,14);1H2. The van der Waals surface area contributed by atoms with Crippen molar-refractivity contribution >= 4 is 16.9 Å². The van der Waals surface area contributed by atoms with Crippen molar-refractivity contribution in [3.8, 4) is 5.75 Å². The fourth-order valence-corrected chi connectivity index (χ4v) is 1.44. The molecule has 2 aromatic rings. The third kappa shape index (κ3) is 2.26. The second-order valence-electron chi connectivity index (χ2n) is 3.14. The number of aromatic nitrogens is 1. The number of fused-ring (bicyclic) bond motifs is 1. The third-order valence-corrected chi connectivity index (χ3v) is 2.00. The maximum absolute atomic E-state index is 10.4. The molecule has 0 atom stereocenters. The van der Waals surface area contributed by atoms with E-state index < -0.39 is 5.97 Å². The first-order valence-electron chi connectivity index (χ1n) is 4.17. The zero-order chi connectivity index (χ0) is 10.1. The lowest BCUT2D eigenvalue weighted by Crippen LogP contribution is -1.99. The number of aliphatic carboxylic acids is 1. The first kappa shape index (κ1) is 11.1. The molecule has 0 radical (unpaired) electrons. The van der Waals surface area contributed by atoms with Crippen LogP contribution in [0, 0.1) is 0 Å². The summed E-state index contributed by atoms with van der Waals surface area (Å²) in [4.78, 5) is 13.4. The monoisotopic (exact) mass is 209 g/mol. The molecule has 1 heterocycles. The zero-order valence-electron chi connectivity index (χ0n) is 7.82. The molecular formula is C10H11NO4. The highest BCUT2D eigenvalue weighted by atomic mass is 16.4. The molecule has 15 heavy (non-hydrogen) atoms. The van der Waals surface area contributed by atoms with E-state index in [1.165, 1.54) is 0 Å². The van der Waals surface area contributed by atoms with Crippen LogP contribution in [0.25, 0.3) is 10.9 Å². The highest BCUT2D eigenvalue weighted by molar-refractivity contribution is 5.83. The van der Waals surface area contributed by atoms with Crippen molar-refractivity contribution in [3.63, 3.8) is 0 Å². The van der Waals surface area contributed by atoms with Crippen LogP contribution >= 0.6 is 0 Å². The van der Waals surface area contributed by atoms with E-state index in [-0.39, 0.29) is 17.6 Å². The molecule has 1 aromatic heterocycles. The molecule has 5 heteroatoms. The molecule has 0 unspecified atom stereocenters. The Morgan fingerprint density at radius 1 is 1.33 bits per heavy atom. The van der Waals surface area contributed by atoms with Crippen molar-refractivity contribution in [2.24, 2.45) is 0 Å². The molecule has 1 aromatic carbocycles. The molecule has 2 rings (SSSR count). The second kappa shape index (κ2) is 4.02. The van der Waals surface area contributed by atoms with E-state index in [0.717, 1.165) is 10.9 Å². The number of hydrogen-bond donors (Lipinski definition) is 3. The Kier molecular flexibility index (Phi) is 2.96. The fourth-order valence-electron chi connectivity index (χ4n) is 1.44. The van der Waals surface area contributed by atoms with Gasteiger partial charge in [-0.05, 0) is 24.3 Å². The Hall–Kier alpha value is -2.01. The molecule has 0 spiro atoms. The summed E-state index contributed by atoms with van der Waals surface area (Å²) in [6, 6.07) is 6.60. The Labute approximate surface area is 85.3 Å². The predicted molar refractivity (Wildman–Crippen MR) is 54.9 cm³/mol. The molecule has 5 nitrogen and oxygen atoms in total. The average Bonchev–Trinajstić information content (AvgIpc) is 2.44. The van der Waals surface area contributed by atoms with Crippen molar-refractivity contribution in [1.82, 2.24) is 4.98 Å². The van der Waals surface area contributed by atoms with Crippen LogP contribution < -0.4 is 0 Å². The van der Waals surface area contributed by atoms with Gasteiger partial charge in [-0.25, -0.2) is 0 Å². The van der Waals surface area contributed by atoms with Gasteiger partial charge in [0.2, 0.25) is 0 Å². The largest absolute Gasteiger partial charge is 0.508 e. The van der Waals surface area contributed by atoms with Crippen LogP contribution in [0.15, 0.2) is 24.3 Å². The third-order valence-electron chi connectivity index (χ3n) is 2.00. The highest BCUT2D eigenvalue weighted by Crippen LogP contribution is 2.20. The van der Waals surface area contributed by atoms with Crippen molar-refractivity contribution in [2.75, 3.05) is 0 Å². The molecule has 0 aliphatic rings. The molecule has 0 aliphatic heterocycles. The lowest BCUT2D eigenvalue weighted by Gasteiger charge is -1.90. The zero-order valence-corrected chi connectivity index (χ0v) is 7.82. The number of carboxylic acids is 1. The van der Waals surface area contributed by atoms with Crippen LogP contribution in [0.4, 0.5) is 0 Å². The van der Waals surface area contributed by atoms with Crippen molar-refractivity contribution in [2.45, 2.75) is 6.42 Å². The van der Waals surface area contributed by atoms with Crippen LogP contribution in [-0.2, 0) is 11.2 Å². The first-order valence-corrected chi connectivity index (χ1v) is 4.17. The van der Waals surface area contributed by atoms with Crippen LogP contribution in [-0.4, -0.2) is 26.6 Å². The lowest BCUT2D eigenvalue weighted by atomic mass is 10.2. The smallest absolute Gasteiger partial charge is 0.309 e. The topological polar surface area (TPSA) is 105 Å². The Balaban J connectivity index is 0.00000112. The summed E-state index contributed by atoms with van der Waals surface area (Å²) in [5, 5.41) is 18.6. The number of carbonyl (C=O) groups is 1. The molecule has 0 fully saturated rings. The maximum Gasteiger partial charge on any atom is 0.309 e. The summed E-state index contributed by atoms with van der Waals surface area (Å²) >= 11 is 0. The minimum absolute atomic E-state index is 0. The van der Waals surface area contributed by atoms with Gasteiger partial charge < -0.3 is 20.7 Å². The summed E-state index contributed by atoms with van der Waals surface area (Å²) < 4.78 is 0. The normalized spacial score (nSPS) is 9.87. The van der Waals surface area contributed by atoms with Crippen molar-refractivity contribution in [3.05, 3.63) is 30.0 Å². The van der Waals surface area contributed by atoms with E-state index in [0.29, 0.717) is 5.69 Å². The Morgan fingerprint density at radius 2 is 2.07 bits per heavy atom. The number of H-pyrrole nitrogens is 1. The number of carboxylic acid groups (broad SMARTS) is 1. The fraction of sp³-hybridized carbons (Fsp3) is 0.100. The molecule has 0 bridgehead atoms. The lowest BCUT2D eigenvalue weighted by molar-refractivity contribution is -0.136. The minimum Gasteiger partial charge on any atom is -0.508 e. The van der Waals surface area contributed by atoms with E-state index in [4.69, 9.17) is 5.11 Å². The number of phenols is 1. The van der Waals surface area contributed by atoms with Gasteiger partial charge in [0.05, 0.1) is 6.42 Å². The Morgan fingerprint density at radius 3 is 2.73 bits per heavy atom. The summed E-state index contributed by atoms with van der Waals surface area (Å²) in [6.07, 6.45) is -0.0323. The number of nitrogens with one attached hydrogen (secondary N) is 1. The molecule has 5 N–H and O–H groups in total. The SMILES string of the molecule is O.O=C(O)Cc1cc2cc(O)ccc2[nH]1. The minimum atomic E-state index is -0.874. The van der Waals surface area contributed by atoms with Gasteiger partial charge in [0.1, 0.15) is 5.75 Å². The number of phenolic OH excluding ortho intramolecular Hbond substituents is 1. The van der Waals surface area contributed by atoms with E-state index in [9.17, 15) is 9.90 Å². The number of hydrogen-bond acceptors (Lipinski definition) is 2. The first-order chi connectivity index (χ1) is 6.65. The van der Waals surface area contributed by atoms with Gasteiger partial charge in [-0.3, -0.25) is 4.79 Å². The van der Waals surface area contributed by atoms with E-state index in [1.807, 2.05) is 0 Å². The highest BCUT2D eigenvalue weighted by Gasteiger charge is 2.04. The van der Waals surface area contributed by atoms with E-state index in [2.05, 4.69) is 4.98 Å². The predicted octanol–water partition coefficient (Wildman–Crippen LogP) is 0.676. The van der Waals surface area contributed by atoms with Crippen molar-refractivity contribution in [1.29, 1.82) is 0 Å². The summed E-state index contributed by atoms with van der Waals surface area (Å²) in [7, 11) is 0. The van der Waals surface area contributed by atoms with Gasteiger partial charge >= 0.3 is 5.97 Å². The van der Waals surface area contributed by atoms with Gasteiger partial charge in [0.15, 0.2) is 0 Å². The van der Waals surface area contributed by atoms with Crippen LogP contribution in [0.1, 0.15) is 5.69 Å². The summed E-state index contributed by atoms with van der Waals surface area (Å²) in [6.45, 7) is 0. The number of benzene rings is 1. The van der Waals surface area contributed by atoms with Crippen LogP contribution in [0.3, 0.4) is 0 Å². The van der Waals surface area contributed by atoms with Gasteiger partial charge in [-0.1, -0.05) is 0 Å². The van der Waals surface area contributed by atoms with E-state index >= 15 is 0 Å². The quantitative estimate of drug-likeness (QED) is 0.677. The molecular weight excluding hydrogens is 198 g/mol. The summed E-state index contributed by atoms with van der Waals surface area (Å²) in [5.41, 5.74) is 1.47. The van der Waals surface area contributed by atoms with Crippen LogP contribution in [0.5, 0.6) is 5.75 Å². The molecule has 0 saturated heterocycles. The number of rotatable bonds is 2. The average molecular weight is 209 g/mol. The molecule has 0 saturated carbocycles. The molecule has 0 aliphatic carbocycles. The Bertz CT molecular complexity index is 489. The molecule has 80 valence electrons. The molecule has 0 amide bonds. The number of aromatic hydroxyl groups is 1.